The molecule has 1 aliphatic carbocycles. The molecule has 0 spiro atoms. The summed E-state index contributed by atoms with van der Waals surface area (Å²) in [5, 5.41) is 3.31. The molecule has 0 bridgehead atoms. The lowest BCUT2D eigenvalue weighted by Crippen LogP contribution is -2.51. The van der Waals surface area contributed by atoms with Gasteiger partial charge < -0.3 is 19.9 Å². The van der Waals surface area contributed by atoms with Crippen molar-refractivity contribution in [2.45, 2.75) is 38.7 Å². The van der Waals surface area contributed by atoms with Gasteiger partial charge in [-0.15, -0.1) is 0 Å². The van der Waals surface area contributed by atoms with Crippen molar-refractivity contribution in [1.29, 1.82) is 0 Å². The van der Waals surface area contributed by atoms with Gasteiger partial charge in [0.1, 0.15) is 12.4 Å². The molecule has 7 heteroatoms. The molecule has 2 saturated heterocycles. The van der Waals surface area contributed by atoms with Crippen LogP contribution >= 0.6 is 0 Å². The minimum Gasteiger partial charge on any atom is -0.366 e. The molecule has 3 fully saturated rings. The Kier molecular flexibility index (Phi) is 5.88. The molecular formula is C20H31N5O2. The maximum absolute atomic E-state index is 12.3. The maximum Gasteiger partial charge on any atom is 0.248 e. The Labute approximate surface area is 161 Å². The smallest absolute Gasteiger partial charge is 0.248 e. The number of carbonyl (C=O) groups is 1. The van der Waals surface area contributed by atoms with Gasteiger partial charge in [0.2, 0.25) is 5.91 Å². The van der Waals surface area contributed by atoms with E-state index >= 15 is 0 Å². The topological polar surface area (TPSA) is 70.6 Å². The van der Waals surface area contributed by atoms with Crippen LogP contribution in [0.4, 0.5) is 5.82 Å². The lowest BCUT2D eigenvalue weighted by Gasteiger charge is -2.38. The van der Waals surface area contributed by atoms with Crippen LogP contribution in [0.3, 0.4) is 0 Å². The first-order valence-corrected chi connectivity index (χ1v) is 10.3. The first kappa shape index (κ1) is 18.6. The number of amides is 1. The number of anilines is 1. The van der Waals surface area contributed by atoms with Crippen LogP contribution in [0.2, 0.25) is 0 Å². The standard InChI is InChI=1S/C20H31N5O2/c1-15-20(22-7-6-21-15)23-10-18-13-25(19(26)14-27-18)12-17-4-8-24(9-5-17)11-16-2-3-16/h6-7,16-18H,2-5,8-14H2,1H3,(H,22,23)/t18-/m0/s1. The molecule has 27 heavy (non-hydrogen) atoms. The van der Waals surface area contributed by atoms with Gasteiger partial charge in [-0.1, -0.05) is 0 Å². The number of morpholine rings is 1. The average Bonchev–Trinajstić information content (AvgIpc) is 3.49. The van der Waals surface area contributed by atoms with E-state index in [1.54, 1.807) is 12.4 Å². The van der Waals surface area contributed by atoms with Gasteiger partial charge in [0.15, 0.2) is 0 Å². The Morgan fingerprint density at radius 3 is 2.59 bits per heavy atom. The van der Waals surface area contributed by atoms with Gasteiger partial charge >= 0.3 is 0 Å². The maximum atomic E-state index is 12.3. The molecule has 1 amide bonds. The van der Waals surface area contributed by atoms with Gasteiger partial charge in [-0.05, 0) is 57.5 Å². The summed E-state index contributed by atoms with van der Waals surface area (Å²) < 4.78 is 5.73. The molecule has 0 radical (unpaired) electrons. The highest BCUT2D eigenvalue weighted by molar-refractivity contribution is 5.78. The summed E-state index contributed by atoms with van der Waals surface area (Å²) >= 11 is 0. The Bertz CT molecular complexity index is 643. The molecule has 3 heterocycles. The SMILES string of the molecule is Cc1nccnc1NC[C@H]1CN(CC2CCN(CC3CC3)CC2)C(=O)CO1. The number of aromatic nitrogens is 2. The van der Waals surface area contributed by atoms with Crippen molar-refractivity contribution in [3.05, 3.63) is 18.1 Å². The van der Waals surface area contributed by atoms with Crippen molar-refractivity contribution in [1.82, 2.24) is 19.8 Å². The number of likely N-dealkylation sites (tertiary alicyclic amines) is 1. The fourth-order valence-corrected chi connectivity index (χ4v) is 4.10. The van der Waals surface area contributed by atoms with Crippen LogP contribution in [0.15, 0.2) is 12.4 Å². The van der Waals surface area contributed by atoms with Crippen molar-refractivity contribution < 1.29 is 9.53 Å². The summed E-state index contributed by atoms with van der Waals surface area (Å²) in [5.41, 5.74) is 0.874. The van der Waals surface area contributed by atoms with Gasteiger partial charge in [0.25, 0.3) is 0 Å². The van der Waals surface area contributed by atoms with Crippen LogP contribution < -0.4 is 5.32 Å². The van der Waals surface area contributed by atoms with E-state index in [9.17, 15) is 4.79 Å². The molecule has 4 rings (SSSR count). The van der Waals surface area contributed by atoms with Crippen LogP contribution in [0.25, 0.3) is 0 Å². The summed E-state index contributed by atoms with van der Waals surface area (Å²) in [7, 11) is 0. The Hall–Kier alpha value is -1.73. The Balaban J connectivity index is 1.23. The summed E-state index contributed by atoms with van der Waals surface area (Å²) in [4.78, 5) is 25.5. The average molecular weight is 374 g/mol. The zero-order valence-corrected chi connectivity index (χ0v) is 16.3. The molecule has 2 aliphatic heterocycles. The van der Waals surface area contributed by atoms with Gasteiger partial charge in [0.05, 0.1) is 11.8 Å². The summed E-state index contributed by atoms with van der Waals surface area (Å²) in [6, 6.07) is 0. The van der Waals surface area contributed by atoms with Crippen LogP contribution in [-0.2, 0) is 9.53 Å². The molecular weight excluding hydrogens is 342 g/mol. The second-order valence-corrected chi connectivity index (χ2v) is 8.29. The highest BCUT2D eigenvalue weighted by Crippen LogP contribution is 2.31. The van der Waals surface area contributed by atoms with Crippen molar-refractivity contribution in [3.8, 4) is 0 Å². The molecule has 0 aromatic carbocycles. The fourth-order valence-electron chi connectivity index (χ4n) is 4.10. The minimum absolute atomic E-state index is 0.000869. The van der Waals surface area contributed by atoms with E-state index in [0.29, 0.717) is 19.0 Å². The number of rotatable bonds is 7. The predicted molar refractivity (Wildman–Crippen MR) is 103 cm³/mol. The molecule has 1 N–H and O–H groups in total. The molecule has 1 aromatic rings. The van der Waals surface area contributed by atoms with Gasteiger partial charge in [-0.25, -0.2) is 4.98 Å². The number of hydrogen-bond donors (Lipinski definition) is 1. The number of ether oxygens (including phenoxy) is 1. The van der Waals surface area contributed by atoms with Gasteiger partial charge in [-0.2, -0.15) is 0 Å². The highest BCUT2D eigenvalue weighted by Gasteiger charge is 2.31. The largest absolute Gasteiger partial charge is 0.366 e. The summed E-state index contributed by atoms with van der Waals surface area (Å²) in [6.07, 6.45) is 8.63. The van der Waals surface area contributed by atoms with Crippen LogP contribution in [0, 0.1) is 18.8 Å². The van der Waals surface area contributed by atoms with E-state index in [1.165, 1.54) is 45.3 Å². The van der Waals surface area contributed by atoms with E-state index in [4.69, 9.17) is 4.74 Å². The molecule has 0 unspecified atom stereocenters. The molecule has 1 atom stereocenters. The van der Waals surface area contributed by atoms with Crippen LogP contribution in [-0.4, -0.2) is 77.7 Å². The van der Waals surface area contributed by atoms with E-state index in [1.807, 2.05) is 11.8 Å². The first-order valence-electron chi connectivity index (χ1n) is 10.3. The highest BCUT2D eigenvalue weighted by atomic mass is 16.5. The van der Waals surface area contributed by atoms with Gasteiger partial charge in [0, 0.05) is 38.6 Å². The molecule has 1 saturated carbocycles. The third-order valence-electron chi connectivity index (χ3n) is 6.00. The molecule has 1 aromatic heterocycles. The van der Waals surface area contributed by atoms with Gasteiger partial charge in [-0.3, -0.25) is 9.78 Å². The Morgan fingerprint density at radius 1 is 1.11 bits per heavy atom. The predicted octanol–water partition coefficient (Wildman–Crippen LogP) is 1.55. The zero-order valence-electron chi connectivity index (χ0n) is 16.3. The second-order valence-electron chi connectivity index (χ2n) is 8.29. The number of nitrogens with zero attached hydrogens (tertiary/aromatic N) is 4. The van der Waals surface area contributed by atoms with Crippen LogP contribution in [0.5, 0.6) is 0 Å². The quantitative estimate of drug-likeness (QED) is 0.782. The number of nitrogens with one attached hydrogen (secondary N) is 1. The minimum atomic E-state index is -0.000869. The van der Waals surface area contributed by atoms with Crippen LogP contribution in [0.1, 0.15) is 31.4 Å². The first-order chi connectivity index (χ1) is 13.2. The lowest BCUT2D eigenvalue weighted by atomic mass is 9.95. The van der Waals surface area contributed by atoms with Crippen molar-refractivity contribution in [3.63, 3.8) is 0 Å². The monoisotopic (exact) mass is 373 g/mol. The normalized spacial score (nSPS) is 25.0. The van der Waals surface area contributed by atoms with E-state index in [2.05, 4.69) is 20.2 Å². The number of piperidine rings is 1. The summed E-state index contributed by atoms with van der Waals surface area (Å²) in [5.74, 6) is 2.50. The molecule has 3 aliphatic rings. The lowest BCUT2D eigenvalue weighted by molar-refractivity contribution is -0.149. The van der Waals surface area contributed by atoms with Crippen molar-refractivity contribution >= 4 is 11.7 Å². The second kappa shape index (κ2) is 8.52. The third kappa shape index (κ3) is 5.17. The molecule has 148 valence electrons. The van der Waals surface area contributed by atoms with E-state index < -0.39 is 0 Å². The summed E-state index contributed by atoms with van der Waals surface area (Å²) in [6.45, 7) is 7.97. The fraction of sp³-hybridized carbons (Fsp3) is 0.750. The third-order valence-corrected chi connectivity index (χ3v) is 6.00. The van der Waals surface area contributed by atoms with Crippen molar-refractivity contribution in [2.75, 3.05) is 51.2 Å². The van der Waals surface area contributed by atoms with Crippen molar-refractivity contribution in [2.24, 2.45) is 11.8 Å². The number of carbonyl (C=O) groups excluding carboxylic acids is 1. The number of hydrogen-bond acceptors (Lipinski definition) is 6. The zero-order chi connectivity index (χ0) is 18.6. The number of aryl methyl sites for hydroxylation is 1. The Morgan fingerprint density at radius 2 is 1.85 bits per heavy atom. The van der Waals surface area contributed by atoms with E-state index in [0.717, 1.165) is 24.0 Å². The van der Waals surface area contributed by atoms with E-state index in [-0.39, 0.29) is 18.6 Å². The molecule has 7 nitrogen and oxygen atoms in total.